The van der Waals surface area contributed by atoms with Crippen molar-refractivity contribution in [2.45, 2.75) is 18.7 Å². The van der Waals surface area contributed by atoms with Gasteiger partial charge in [0.05, 0.1) is 23.4 Å². The minimum atomic E-state index is -3.75. The maximum Gasteiger partial charge on any atom is 0.264 e. The first kappa shape index (κ1) is 21.7. The molecule has 0 bridgehead atoms. The lowest BCUT2D eigenvalue weighted by atomic mass is 10.3. The smallest absolute Gasteiger partial charge is 0.264 e. The highest BCUT2D eigenvalue weighted by Crippen LogP contribution is 2.30. The molecule has 0 amide bonds. The Morgan fingerprint density at radius 2 is 1.89 bits per heavy atom. The summed E-state index contributed by atoms with van der Waals surface area (Å²) in [6, 6.07) is 13.6. The Balaban J connectivity index is 2.37. The Morgan fingerprint density at radius 1 is 1.21 bits per heavy atom. The van der Waals surface area contributed by atoms with Crippen LogP contribution in [0.1, 0.15) is 13.8 Å². The van der Waals surface area contributed by atoms with Crippen molar-refractivity contribution < 1.29 is 13.2 Å². The van der Waals surface area contributed by atoms with Crippen LogP contribution in [0.2, 0.25) is 0 Å². The van der Waals surface area contributed by atoms with Crippen LogP contribution in [0, 0.1) is 0 Å². The van der Waals surface area contributed by atoms with E-state index in [1.807, 2.05) is 13.0 Å². The first-order valence-electron chi connectivity index (χ1n) is 8.74. The van der Waals surface area contributed by atoms with Crippen molar-refractivity contribution in [3.05, 3.63) is 60.7 Å². The van der Waals surface area contributed by atoms with Gasteiger partial charge in [-0.3, -0.25) is 4.31 Å². The molecule has 2 rings (SSSR count). The summed E-state index contributed by atoms with van der Waals surface area (Å²) in [4.78, 5) is 0.143. The van der Waals surface area contributed by atoms with Gasteiger partial charge in [0, 0.05) is 13.1 Å². The van der Waals surface area contributed by atoms with Crippen molar-refractivity contribution >= 4 is 38.7 Å². The molecule has 0 spiro atoms. The lowest BCUT2D eigenvalue weighted by molar-refractivity contribution is 0.416. The van der Waals surface area contributed by atoms with Crippen LogP contribution in [-0.2, 0) is 10.0 Å². The van der Waals surface area contributed by atoms with Crippen molar-refractivity contribution in [3.63, 3.8) is 0 Å². The molecule has 0 aromatic heterocycles. The molecule has 6 nitrogen and oxygen atoms in total. The topological polar surface area (TPSA) is 70.7 Å². The maximum atomic E-state index is 13.2. The number of thiocarbonyl (C=S) groups is 1. The molecule has 28 heavy (non-hydrogen) atoms. The highest BCUT2D eigenvalue weighted by atomic mass is 32.2. The highest BCUT2D eigenvalue weighted by molar-refractivity contribution is 7.92. The summed E-state index contributed by atoms with van der Waals surface area (Å²) < 4.78 is 33.1. The Hall–Kier alpha value is -2.58. The zero-order chi connectivity index (χ0) is 20.7. The molecule has 150 valence electrons. The van der Waals surface area contributed by atoms with Crippen LogP contribution in [0.15, 0.2) is 65.6 Å². The van der Waals surface area contributed by atoms with Crippen LogP contribution >= 0.6 is 12.2 Å². The molecule has 0 saturated heterocycles. The summed E-state index contributed by atoms with van der Waals surface area (Å²) >= 11 is 5.27. The number of nitrogens with zero attached hydrogens (tertiary/aromatic N) is 1. The Kier molecular flexibility index (Phi) is 7.42. The van der Waals surface area contributed by atoms with E-state index in [0.29, 0.717) is 35.3 Å². The molecule has 8 heteroatoms. The number of sulfonamides is 1. The van der Waals surface area contributed by atoms with Gasteiger partial charge in [-0.2, -0.15) is 0 Å². The molecular weight excluding hydrogens is 394 g/mol. The minimum absolute atomic E-state index is 0.143. The van der Waals surface area contributed by atoms with Gasteiger partial charge in [0.15, 0.2) is 5.11 Å². The van der Waals surface area contributed by atoms with Crippen LogP contribution in [0.5, 0.6) is 5.75 Å². The van der Waals surface area contributed by atoms with Crippen molar-refractivity contribution in [1.82, 2.24) is 5.32 Å². The van der Waals surface area contributed by atoms with E-state index in [0.717, 1.165) is 5.57 Å². The Bertz CT molecular complexity index is 944. The number of benzene rings is 2. The van der Waals surface area contributed by atoms with E-state index in [4.69, 9.17) is 17.0 Å². The lowest BCUT2D eigenvalue weighted by Crippen LogP contribution is -2.31. The zero-order valence-corrected chi connectivity index (χ0v) is 17.9. The molecule has 0 aliphatic heterocycles. The van der Waals surface area contributed by atoms with Gasteiger partial charge in [0.25, 0.3) is 10.0 Å². The predicted molar refractivity (Wildman–Crippen MR) is 119 cm³/mol. The van der Waals surface area contributed by atoms with Gasteiger partial charge in [-0.05, 0) is 56.4 Å². The summed E-state index contributed by atoms with van der Waals surface area (Å²) in [6.45, 7) is 8.31. The van der Waals surface area contributed by atoms with E-state index < -0.39 is 10.0 Å². The number of hydrogen-bond donors (Lipinski definition) is 2. The molecule has 0 saturated carbocycles. The summed E-state index contributed by atoms with van der Waals surface area (Å²) in [5, 5.41) is 6.36. The summed E-state index contributed by atoms with van der Waals surface area (Å²) in [7, 11) is -2.24. The third kappa shape index (κ3) is 5.24. The van der Waals surface area contributed by atoms with Crippen LogP contribution in [0.4, 0.5) is 11.4 Å². The van der Waals surface area contributed by atoms with Crippen molar-refractivity contribution in [1.29, 1.82) is 0 Å². The summed E-state index contributed by atoms with van der Waals surface area (Å²) in [5.41, 5.74) is 2.00. The Labute approximate surface area is 172 Å². The lowest BCUT2D eigenvalue weighted by Gasteiger charge is -2.23. The molecule has 0 radical (unpaired) electrons. The van der Waals surface area contributed by atoms with Gasteiger partial charge in [-0.25, -0.2) is 8.42 Å². The maximum absolute atomic E-state index is 13.2. The normalized spacial score (nSPS) is 10.8. The van der Waals surface area contributed by atoms with E-state index in [1.165, 1.54) is 23.5 Å². The third-order valence-corrected chi connectivity index (χ3v) is 6.03. The highest BCUT2D eigenvalue weighted by Gasteiger charge is 2.24. The monoisotopic (exact) mass is 419 g/mol. The quantitative estimate of drug-likeness (QED) is 0.501. The SMILES string of the molecule is C=C(C)CNC(=S)Nc1cc(S(=O)(=O)N(CC)c2ccccc2)ccc1OC. The number of para-hydroxylation sites is 1. The second-order valence-corrected chi connectivity index (χ2v) is 8.40. The van der Waals surface area contributed by atoms with E-state index in [9.17, 15) is 8.42 Å². The second-order valence-electron chi connectivity index (χ2n) is 6.13. The van der Waals surface area contributed by atoms with Crippen LogP contribution in [0.25, 0.3) is 0 Å². The van der Waals surface area contributed by atoms with Crippen molar-refractivity contribution in [2.24, 2.45) is 0 Å². The molecule has 2 N–H and O–H groups in total. The van der Waals surface area contributed by atoms with Crippen LogP contribution in [0.3, 0.4) is 0 Å². The molecule has 0 aliphatic rings. The van der Waals surface area contributed by atoms with Gasteiger partial charge in [0.2, 0.25) is 0 Å². The third-order valence-electron chi connectivity index (χ3n) is 3.89. The molecule has 0 fully saturated rings. The molecule has 0 aliphatic carbocycles. The van der Waals surface area contributed by atoms with Gasteiger partial charge >= 0.3 is 0 Å². The fourth-order valence-corrected chi connectivity index (χ4v) is 4.24. The molecule has 0 atom stereocenters. The fourth-order valence-electron chi connectivity index (χ4n) is 2.56. The molecule has 2 aromatic rings. The van der Waals surface area contributed by atoms with Crippen molar-refractivity contribution in [3.8, 4) is 5.75 Å². The standard InChI is InChI=1S/C20H25N3O3S2/c1-5-23(16-9-7-6-8-10-16)28(24,25)17-11-12-19(26-4)18(13-17)22-20(27)21-14-15(2)3/h6-13H,2,5,14H2,1,3-4H3,(H2,21,22,27). The average Bonchev–Trinajstić information content (AvgIpc) is 2.67. The number of rotatable bonds is 8. The molecule has 0 heterocycles. The number of hydrogen-bond acceptors (Lipinski definition) is 4. The first-order valence-corrected chi connectivity index (χ1v) is 10.6. The number of methoxy groups -OCH3 is 1. The molecular formula is C20H25N3O3S2. The van der Waals surface area contributed by atoms with Crippen molar-refractivity contribution in [2.75, 3.05) is 29.8 Å². The number of ether oxygens (including phenoxy) is 1. The largest absolute Gasteiger partial charge is 0.495 e. The van der Waals surface area contributed by atoms with Gasteiger partial charge < -0.3 is 15.4 Å². The predicted octanol–water partition coefficient (Wildman–Crippen LogP) is 3.77. The van der Waals surface area contributed by atoms with Gasteiger partial charge in [-0.15, -0.1) is 0 Å². The van der Waals surface area contributed by atoms with E-state index in [1.54, 1.807) is 37.3 Å². The average molecular weight is 420 g/mol. The number of anilines is 2. The Morgan fingerprint density at radius 3 is 2.46 bits per heavy atom. The van der Waals surface area contributed by atoms with E-state index in [-0.39, 0.29) is 4.90 Å². The van der Waals surface area contributed by atoms with E-state index >= 15 is 0 Å². The minimum Gasteiger partial charge on any atom is -0.495 e. The van der Waals surface area contributed by atoms with Crippen LogP contribution < -0.4 is 19.7 Å². The zero-order valence-electron chi connectivity index (χ0n) is 16.2. The molecule has 2 aromatic carbocycles. The summed E-state index contributed by atoms with van der Waals surface area (Å²) in [6.07, 6.45) is 0. The molecule has 0 unspecified atom stereocenters. The van der Waals surface area contributed by atoms with Gasteiger partial charge in [0.1, 0.15) is 5.75 Å². The van der Waals surface area contributed by atoms with Crippen LogP contribution in [-0.4, -0.2) is 33.7 Å². The first-order chi connectivity index (χ1) is 13.3. The van der Waals surface area contributed by atoms with Gasteiger partial charge in [-0.1, -0.05) is 30.4 Å². The van der Waals surface area contributed by atoms with E-state index in [2.05, 4.69) is 17.2 Å². The second kappa shape index (κ2) is 9.57. The fraction of sp³-hybridized carbons (Fsp3) is 0.250. The number of nitrogens with one attached hydrogen (secondary N) is 2. The summed E-state index contributed by atoms with van der Waals surface area (Å²) in [5.74, 6) is 0.487.